The molecule has 0 aliphatic carbocycles. The monoisotopic (exact) mass is 442 g/mol. The van der Waals surface area contributed by atoms with Crippen LogP contribution in [0.4, 0.5) is 21.9 Å². The maximum Gasteiger partial charge on any atom is 0.321 e. The summed E-state index contributed by atoms with van der Waals surface area (Å²) in [5.41, 5.74) is 2.42. The van der Waals surface area contributed by atoms with Gasteiger partial charge < -0.3 is 24.8 Å². The third-order valence-electron chi connectivity index (χ3n) is 5.78. The van der Waals surface area contributed by atoms with E-state index in [9.17, 15) is 9.59 Å². The second-order valence-corrected chi connectivity index (χ2v) is 8.21. The van der Waals surface area contributed by atoms with Gasteiger partial charge in [-0.1, -0.05) is 17.7 Å². The van der Waals surface area contributed by atoms with Gasteiger partial charge in [-0.25, -0.2) is 4.79 Å². The van der Waals surface area contributed by atoms with Crippen molar-refractivity contribution in [2.45, 2.75) is 19.3 Å². The largest absolute Gasteiger partial charge is 0.495 e. The average Bonchev–Trinajstić information content (AvgIpc) is 2.79. The van der Waals surface area contributed by atoms with Crippen molar-refractivity contribution in [1.82, 2.24) is 4.90 Å². The predicted octanol–water partition coefficient (Wildman–Crippen LogP) is 4.22. The second-order valence-electron chi connectivity index (χ2n) is 7.77. The molecule has 2 heterocycles. The van der Waals surface area contributed by atoms with Crippen LogP contribution in [0.3, 0.4) is 0 Å². The van der Waals surface area contributed by atoms with Crippen molar-refractivity contribution < 1.29 is 14.3 Å². The van der Waals surface area contributed by atoms with Gasteiger partial charge in [0.25, 0.3) is 0 Å². The van der Waals surface area contributed by atoms with Gasteiger partial charge in [0.05, 0.1) is 12.8 Å². The molecule has 164 valence electrons. The molecule has 3 amide bonds. The first-order valence-electron chi connectivity index (χ1n) is 10.6. The molecular weight excluding hydrogens is 416 g/mol. The topological polar surface area (TPSA) is 65.1 Å². The Labute approximate surface area is 187 Å². The van der Waals surface area contributed by atoms with E-state index in [1.54, 1.807) is 29.0 Å². The number of anilines is 3. The number of carbonyl (C=O) groups is 2. The number of amides is 3. The number of urea groups is 1. The lowest BCUT2D eigenvalue weighted by atomic mass is 10.1. The fourth-order valence-electron chi connectivity index (χ4n) is 4.08. The van der Waals surface area contributed by atoms with Crippen LogP contribution < -0.4 is 19.9 Å². The summed E-state index contributed by atoms with van der Waals surface area (Å²) in [5.74, 6) is 0.716. The van der Waals surface area contributed by atoms with E-state index in [0.717, 1.165) is 31.6 Å². The Hall–Kier alpha value is -2.93. The molecule has 0 spiro atoms. The molecule has 2 aromatic rings. The van der Waals surface area contributed by atoms with Crippen molar-refractivity contribution in [2.24, 2.45) is 0 Å². The van der Waals surface area contributed by atoms with Crippen molar-refractivity contribution in [3.05, 3.63) is 47.5 Å². The molecular formula is C23H27ClN4O3. The molecule has 2 aromatic carbocycles. The Morgan fingerprint density at radius 3 is 2.55 bits per heavy atom. The van der Waals surface area contributed by atoms with Crippen molar-refractivity contribution >= 4 is 40.6 Å². The van der Waals surface area contributed by atoms with Gasteiger partial charge in [-0.3, -0.25) is 4.79 Å². The molecule has 0 unspecified atom stereocenters. The molecule has 2 aliphatic heterocycles. The maximum atomic E-state index is 12.8. The van der Waals surface area contributed by atoms with Gasteiger partial charge in [0, 0.05) is 55.5 Å². The second kappa shape index (κ2) is 9.47. The van der Waals surface area contributed by atoms with Crippen LogP contribution in [0.1, 0.15) is 19.3 Å². The first kappa shape index (κ1) is 21.3. The van der Waals surface area contributed by atoms with Crippen LogP contribution in [-0.4, -0.2) is 56.7 Å². The van der Waals surface area contributed by atoms with Crippen LogP contribution in [0.2, 0.25) is 5.02 Å². The average molecular weight is 443 g/mol. The molecule has 1 N–H and O–H groups in total. The molecule has 0 aromatic heterocycles. The number of nitrogens with one attached hydrogen (secondary N) is 1. The highest BCUT2D eigenvalue weighted by molar-refractivity contribution is 6.30. The van der Waals surface area contributed by atoms with E-state index in [4.69, 9.17) is 16.3 Å². The van der Waals surface area contributed by atoms with E-state index in [1.165, 1.54) is 0 Å². The van der Waals surface area contributed by atoms with Crippen molar-refractivity contribution in [1.29, 1.82) is 0 Å². The molecule has 2 saturated heterocycles. The predicted molar refractivity (Wildman–Crippen MR) is 123 cm³/mol. The first-order valence-corrected chi connectivity index (χ1v) is 11.0. The van der Waals surface area contributed by atoms with E-state index in [2.05, 4.69) is 10.2 Å². The zero-order valence-corrected chi connectivity index (χ0v) is 18.4. The molecule has 0 atom stereocenters. The quantitative estimate of drug-likeness (QED) is 0.769. The van der Waals surface area contributed by atoms with Gasteiger partial charge in [-0.2, -0.15) is 0 Å². The Morgan fingerprint density at radius 2 is 1.84 bits per heavy atom. The number of nitrogens with zero attached hydrogens (tertiary/aromatic N) is 3. The summed E-state index contributed by atoms with van der Waals surface area (Å²) in [6.45, 7) is 3.38. The third-order valence-corrected chi connectivity index (χ3v) is 6.02. The molecule has 2 aliphatic rings. The Bertz CT molecular complexity index is 960. The van der Waals surface area contributed by atoms with Crippen LogP contribution in [-0.2, 0) is 4.79 Å². The fraction of sp³-hybridized carbons (Fsp3) is 0.391. The zero-order valence-electron chi connectivity index (χ0n) is 17.6. The summed E-state index contributed by atoms with van der Waals surface area (Å²) in [6, 6.07) is 13.0. The summed E-state index contributed by atoms with van der Waals surface area (Å²) in [6.07, 6.45) is 2.41. The summed E-state index contributed by atoms with van der Waals surface area (Å²) in [7, 11) is 1.59. The van der Waals surface area contributed by atoms with E-state index >= 15 is 0 Å². The molecule has 8 heteroatoms. The van der Waals surface area contributed by atoms with Crippen LogP contribution in [0, 0.1) is 0 Å². The summed E-state index contributed by atoms with van der Waals surface area (Å²) in [4.78, 5) is 31.0. The number of ether oxygens (including phenoxy) is 1. The summed E-state index contributed by atoms with van der Waals surface area (Å²) in [5, 5.41) is 3.68. The van der Waals surface area contributed by atoms with Crippen LogP contribution in [0.25, 0.3) is 0 Å². The van der Waals surface area contributed by atoms with Crippen molar-refractivity contribution in [2.75, 3.05) is 55.0 Å². The highest BCUT2D eigenvalue weighted by Crippen LogP contribution is 2.33. The number of benzene rings is 2. The number of hydrogen-bond donors (Lipinski definition) is 1. The summed E-state index contributed by atoms with van der Waals surface area (Å²) >= 11 is 6.10. The number of hydrogen-bond acceptors (Lipinski definition) is 4. The molecule has 7 nitrogen and oxygen atoms in total. The first-order chi connectivity index (χ1) is 15.0. The van der Waals surface area contributed by atoms with Crippen molar-refractivity contribution in [3.8, 4) is 5.75 Å². The van der Waals surface area contributed by atoms with E-state index in [0.29, 0.717) is 48.2 Å². The maximum absolute atomic E-state index is 12.8. The Kier molecular flexibility index (Phi) is 6.51. The van der Waals surface area contributed by atoms with Crippen LogP contribution in [0.15, 0.2) is 42.5 Å². The zero-order chi connectivity index (χ0) is 21.8. The van der Waals surface area contributed by atoms with E-state index in [-0.39, 0.29) is 11.9 Å². The number of carbonyl (C=O) groups excluding carboxylic acids is 2. The number of halogens is 1. The van der Waals surface area contributed by atoms with Crippen molar-refractivity contribution in [3.63, 3.8) is 0 Å². The molecule has 31 heavy (non-hydrogen) atoms. The number of piperazine rings is 1. The normalized spacial score (nSPS) is 17.0. The Morgan fingerprint density at radius 1 is 1.03 bits per heavy atom. The smallest absolute Gasteiger partial charge is 0.321 e. The molecule has 2 fully saturated rings. The van der Waals surface area contributed by atoms with Gasteiger partial charge in [0.1, 0.15) is 5.75 Å². The third kappa shape index (κ3) is 4.88. The molecule has 0 saturated carbocycles. The molecule has 4 rings (SSSR count). The van der Waals surface area contributed by atoms with Gasteiger partial charge >= 0.3 is 6.03 Å². The molecule has 0 bridgehead atoms. The number of piperidine rings is 1. The lowest BCUT2D eigenvalue weighted by molar-refractivity contribution is -0.119. The number of rotatable bonds is 4. The standard InChI is InChI=1S/C23H27ClN4O3/c1-31-21-9-8-18(16-20(21)28-10-3-2-7-22(28)29)25-23(30)27-13-11-26(12-14-27)19-6-4-5-17(24)15-19/h4-6,8-9,15-16H,2-3,7,10-14H2,1H3,(H,25,30). The number of methoxy groups -OCH3 is 1. The minimum Gasteiger partial charge on any atom is -0.495 e. The Balaban J connectivity index is 1.41. The van der Waals surface area contributed by atoms with Gasteiger partial charge in [0.2, 0.25) is 5.91 Å². The molecule has 0 radical (unpaired) electrons. The highest BCUT2D eigenvalue weighted by Gasteiger charge is 2.25. The van der Waals surface area contributed by atoms with E-state index < -0.39 is 0 Å². The fourth-order valence-corrected chi connectivity index (χ4v) is 4.27. The minimum atomic E-state index is -0.146. The van der Waals surface area contributed by atoms with Crippen LogP contribution in [0.5, 0.6) is 5.75 Å². The minimum absolute atomic E-state index is 0.0881. The SMILES string of the molecule is COc1ccc(NC(=O)N2CCN(c3cccc(Cl)c3)CC2)cc1N1CCCCC1=O. The summed E-state index contributed by atoms with van der Waals surface area (Å²) < 4.78 is 5.45. The lowest BCUT2D eigenvalue weighted by Gasteiger charge is -2.36. The highest BCUT2D eigenvalue weighted by atomic mass is 35.5. The van der Waals surface area contributed by atoms with Gasteiger partial charge in [-0.05, 0) is 49.2 Å². The van der Waals surface area contributed by atoms with Gasteiger partial charge in [0.15, 0.2) is 0 Å². The van der Waals surface area contributed by atoms with E-state index in [1.807, 2.05) is 30.3 Å². The lowest BCUT2D eigenvalue weighted by Crippen LogP contribution is -2.50. The van der Waals surface area contributed by atoms with Crippen LogP contribution >= 0.6 is 11.6 Å². The van der Waals surface area contributed by atoms with Gasteiger partial charge in [-0.15, -0.1) is 0 Å².